The van der Waals surface area contributed by atoms with Gasteiger partial charge in [0, 0.05) is 4.47 Å². The van der Waals surface area contributed by atoms with Gasteiger partial charge in [0.1, 0.15) is 0 Å². The molecule has 5 nitrogen and oxygen atoms in total. The van der Waals surface area contributed by atoms with Gasteiger partial charge in [0.25, 0.3) is 5.56 Å². The minimum atomic E-state index is -0.0635. The maximum Gasteiger partial charge on any atom is 0.274 e. The highest BCUT2D eigenvalue weighted by molar-refractivity contribution is 9.10. The molecule has 4 rings (SSSR count). The van der Waals surface area contributed by atoms with Crippen LogP contribution in [-0.4, -0.2) is 23.1 Å². The predicted molar refractivity (Wildman–Crippen MR) is 117 cm³/mol. The van der Waals surface area contributed by atoms with E-state index in [2.05, 4.69) is 27.8 Å². The van der Waals surface area contributed by atoms with Gasteiger partial charge in [-0.05, 0) is 67.8 Å². The first-order valence-electron chi connectivity index (χ1n) is 8.87. The lowest BCUT2D eigenvalue weighted by Crippen LogP contribution is -2.22. The van der Waals surface area contributed by atoms with Gasteiger partial charge in [0.05, 0.1) is 29.3 Å². The second-order valence-corrected chi connectivity index (χ2v) is 8.39. The molecular formula is C21H19BrN2O3S. The van der Waals surface area contributed by atoms with Crippen LogP contribution in [0.3, 0.4) is 0 Å². The highest BCUT2D eigenvalue weighted by Gasteiger charge is 2.14. The van der Waals surface area contributed by atoms with Crippen LogP contribution in [0.2, 0.25) is 0 Å². The SMILES string of the molecule is CCOc1cc(/C=c2\sc3nc4cc(C)c(C)cc4n3c2=O)c(Br)cc1OC. The van der Waals surface area contributed by atoms with E-state index in [0.29, 0.717) is 27.6 Å². The maximum absolute atomic E-state index is 13.1. The fourth-order valence-corrected chi connectivity index (χ4v) is 4.56. The molecule has 2 aromatic heterocycles. The summed E-state index contributed by atoms with van der Waals surface area (Å²) < 4.78 is 14.2. The van der Waals surface area contributed by atoms with Crippen LogP contribution in [0.25, 0.3) is 22.1 Å². The van der Waals surface area contributed by atoms with Crippen molar-refractivity contribution < 1.29 is 9.47 Å². The van der Waals surface area contributed by atoms with E-state index in [1.165, 1.54) is 16.9 Å². The van der Waals surface area contributed by atoms with Gasteiger partial charge in [0.2, 0.25) is 0 Å². The van der Waals surface area contributed by atoms with Gasteiger partial charge in [-0.25, -0.2) is 9.38 Å². The summed E-state index contributed by atoms with van der Waals surface area (Å²) in [6.45, 7) is 6.55. The van der Waals surface area contributed by atoms with E-state index in [1.807, 2.05) is 44.2 Å². The van der Waals surface area contributed by atoms with E-state index in [1.54, 1.807) is 11.5 Å². The lowest BCUT2D eigenvalue weighted by Gasteiger charge is -2.11. The topological polar surface area (TPSA) is 52.8 Å². The molecule has 0 spiro atoms. The van der Waals surface area contributed by atoms with Crippen LogP contribution in [0, 0.1) is 13.8 Å². The van der Waals surface area contributed by atoms with E-state index in [-0.39, 0.29) is 5.56 Å². The number of imidazole rings is 1. The number of hydrogen-bond donors (Lipinski definition) is 0. The van der Waals surface area contributed by atoms with Crippen molar-refractivity contribution in [2.24, 2.45) is 0 Å². The van der Waals surface area contributed by atoms with Crippen LogP contribution < -0.4 is 19.6 Å². The van der Waals surface area contributed by atoms with E-state index in [4.69, 9.17) is 9.47 Å². The number of aryl methyl sites for hydroxylation is 2. The largest absolute Gasteiger partial charge is 0.493 e. The monoisotopic (exact) mass is 458 g/mol. The normalized spacial score (nSPS) is 12.2. The number of hydrogen-bond acceptors (Lipinski definition) is 5. The molecule has 4 aromatic rings. The van der Waals surface area contributed by atoms with Crippen molar-refractivity contribution in [2.75, 3.05) is 13.7 Å². The first-order chi connectivity index (χ1) is 13.4. The van der Waals surface area contributed by atoms with Crippen LogP contribution in [0.1, 0.15) is 23.6 Å². The Balaban J connectivity index is 1.93. The molecule has 0 saturated heterocycles. The molecule has 0 N–H and O–H groups in total. The van der Waals surface area contributed by atoms with Gasteiger partial charge in [-0.2, -0.15) is 0 Å². The Morgan fingerprint density at radius 1 is 1.18 bits per heavy atom. The van der Waals surface area contributed by atoms with Crippen LogP contribution >= 0.6 is 27.3 Å². The second kappa shape index (κ2) is 7.22. The molecule has 0 aliphatic heterocycles. The Bertz CT molecular complexity index is 1320. The van der Waals surface area contributed by atoms with E-state index < -0.39 is 0 Å². The van der Waals surface area contributed by atoms with E-state index >= 15 is 0 Å². The van der Waals surface area contributed by atoms with Crippen molar-refractivity contribution >= 4 is 49.3 Å². The average molecular weight is 459 g/mol. The smallest absolute Gasteiger partial charge is 0.274 e. The number of thiazole rings is 1. The highest BCUT2D eigenvalue weighted by Crippen LogP contribution is 2.34. The molecule has 7 heteroatoms. The summed E-state index contributed by atoms with van der Waals surface area (Å²) in [5.74, 6) is 1.29. The maximum atomic E-state index is 13.1. The number of ether oxygens (including phenoxy) is 2. The van der Waals surface area contributed by atoms with Gasteiger partial charge in [-0.15, -0.1) is 0 Å². The van der Waals surface area contributed by atoms with Crippen molar-refractivity contribution in [1.82, 2.24) is 9.38 Å². The van der Waals surface area contributed by atoms with Crippen molar-refractivity contribution in [3.05, 3.63) is 60.3 Å². The molecule has 0 atom stereocenters. The van der Waals surface area contributed by atoms with Crippen molar-refractivity contribution in [3.63, 3.8) is 0 Å². The molecular weight excluding hydrogens is 440 g/mol. The number of aromatic nitrogens is 2. The van der Waals surface area contributed by atoms with Gasteiger partial charge in [0.15, 0.2) is 16.5 Å². The standard InChI is InChI=1S/C21H19BrN2O3S/c1-5-27-18-8-13(14(22)10-17(18)26-4)9-19-20(25)24-16-7-12(3)11(2)6-15(16)23-21(24)28-19/h6-10H,5H2,1-4H3/b19-9-. The lowest BCUT2D eigenvalue weighted by atomic mass is 10.1. The van der Waals surface area contributed by atoms with Crippen molar-refractivity contribution in [2.45, 2.75) is 20.8 Å². The quantitative estimate of drug-likeness (QED) is 0.458. The Hall–Kier alpha value is -2.38. The molecule has 0 aliphatic rings. The molecule has 2 aromatic carbocycles. The average Bonchev–Trinajstić information content (AvgIpc) is 3.14. The first kappa shape index (κ1) is 19.0. The fourth-order valence-electron chi connectivity index (χ4n) is 3.15. The minimum absolute atomic E-state index is 0.0635. The Morgan fingerprint density at radius 2 is 1.93 bits per heavy atom. The zero-order chi connectivity index (χ0) is 20.0. The van der Waals surface area contributed by atoms with Crippen LogP contribution in [0.4, 0.5) is 0 Å². The number of halogens is 1. The molecule has 0 fully saturated rings. The molecule has 0 radical (unpaired) electrons. The van der Waals surface area contributed by atoms with E-state index in [9.17, 15) is 4.79 Å². The summed E-state index contributed by atoms with van der Waals surface area (Å²) in [6.07, 6.45) is 1.86. The third-order valence-electron chi connectivity index (χ3n) is 4.72. The Kier molecular flexibility index (Phi) is 4.89. The molecule has 28 heavy (non-hydrogen) atoms. The summed E-state index contributed by atoms with van der Waals surface area (Å²) in [4.78, 5) is 18.4. The molecule has 0 saturated carbocycles. The van der Waals surface area contributed by atoms with Gasteiger partial charge >= 0.3 is 0 Å². The zero-order valence-corrected chi connectivity index (χ0v) is 18.4. The minimum Gasteiger partial charge on any atom is -0.493 e. The Labute approximate surface area is 174 Å². The number of methoxy groups -OCH3 is 1. The third kappa shape index (κ3) is 3.08. The summed E-state index contributed by atoms with van der Waals surface area (Å²) >= 11 is 4.95. The van der Waals surface area contributed by atoms with Crippen LogP contribution in [0.15, 0.2) is 33.5 Å². The molecule has 0 amide bonds. The summed E-state index contributed by atoms with van der Waals surface area (Å²) in [5.41, 5.74) is 4.80. The molecule has 2 heterocycles. The van der Waals surface area contributed by atoms with Gasteiger partial charge < -0.3 is 9.47 Å². The van der Waals surface area contributed by atoms with Crippen LogP contribution in [0.5, 0.6) is 11.5 Å². The molecule has 0 bridgehead atoms. The number of benzene rings is 2. The zero-order valence-electron chi connectivity index (χ0n) is 16.0. The number of rotatable bonds is 4. The summed E-state index contributed by atoms with van der Waals surface area (Å²) in [5, 5.41) is 0. The molecule has 0 unspecified atom stereocenters. The fraction of sp³-hybridized carbons (Fsp3) is 0.238. The lowest BCUT2D eigenvalue weighted by molar-refractivity contribution is 0.310. The van der Waals surface area contributed by atoms with Crippen molar-refractivity contribution in [3.8, 4) is 11.5 Å². The molecule has 144 valence electrons. The first-order valence-corrected chi connectivity index (χ1v) is 10.5. The van der Waals surface area contributed by atoms with Gasteiger partial charge in [-0.3, -0.25) is 4.79 Å². The summed E-state index contributed by atoms with van der Waals surface area (Å²) in [7, 11) is 1.60. The Morgan fingerprint density at radius 3 is 2.64 bits per heavy atom. The molecule has 0 aliphatic carbocycles. The number of nitrogens with zero attached hydrogens (tertiary/aromatic N) is 2. The van der Waals surface area contributed by atoms with Crippen molar-refractivity contribution in [1.29, 1.82) is 0 Å². The third-order valence-corrected chi connectivity index (χ3v) is 6.38. The highest BCUT2D eigenvalue weighted by atomic mass is 79.9. The van der Waals surface area contributed by atoms with E-state index in [0.717, 1.165) is 26.6 Å². The van der Waals surface area contributed by atoms with Gasteiger partial charge in [-0.1, -0.05) is 27.3 Å². The number of fused-ring (bicyclic) bond motifs is 3. The second-order valence-electron chi connectivity index (χ2n) is 6.53. The van der Waals surface area contributed by atoms with Crippen LogP contribution in [-0.2, 0) is 0 Å². The predicted octanol–water partition coefficient (Wildman–Crippen LogP) is 4.24. The summed E-state index contributed by atoms with van der Waals surface area (Å²) in [6, 6.07) is 7.78.